The number of carbonyl (C=O) groups is 1. The second-order valence-corrected chi connectivity index (χ2v) is 7.58. The minimum absolute atomic E-state index is 0.203. The molecule has 0 aliphatic rings. The summed E-state index contributed by atoms with van der Waals surface area (Å²) in [6.45, 7) is 4.27. The van der Waals surface area contributed by atoms with Gasteiger partial charge in [0, 0.05) is 25.0 Å². The Morgan fingerprint density at radius 2 is 2.03 bits per heavy atom. The average molecular weight is 388 g/mol. The van der Waals surface area contributed by atoms with Crippen molar-refractivity contribution < 1.29 is 4.79 Å². The normalized spacial score (nSPS) is 12.4. The van der Waals surface area contributed by atoms with Crippen molar-refractivity contribution in [3.63, 3.8) is 0 Å². The zero-order valence-corrected chi connectivity index (χ0v) is 16.8. The van der Waals surface area contributed by atoms with Crippen molar-refractivity contribution >= 4 is 16.9 Å². The molecule has 0 saturated carbocycles. The predicted molar refractivity (Wildman–Crippen MR) is 112 cm³/mol. The van der Waals surface area contributed by atoms with E-state index >= 15 is 0 Å². The quantitative estimate of drug-likeness (QED) is 0.525. The molecule has 1 aromatic carbocycles. The van der Waals surface area contributed by atoms with Gasteiger partial charge in [0.2, 0.25) is 0 Å². The maximum atomic E-state index is 12.9. The first-order chi connectivity index (χ1) is 14.0. The molecule has 0 radical (unpaired) electrons. The number of pyridine rings is 1. The number of para-hydroxylation sites is 2. The first kappa shape index (κ1) is 18.9. The number of amides is 1. The highest BCUT2D eigenvalue weighted by Gasteiger charge is 2.23. The molecule has 4 rings (SSSR count). The third-order valence-corrected chi connectivity index (χ3v) is 4.93. The molecular formula is C22H24N6O. The van der Waals surface area contributed by atoms with E-state index in [0.717, 1.165) is 28.8 Å². The van der Waals surface area contributed by atoms with Crippen LogP contribution in [0.3, 0.4) is 0 Å². The molecule has 0 bridgehead atoms. The molecule has 29 heavy (non-hydrogen) atoms. The van der Waals surface area contributed by atoms with Gasteiger partial charge in [-0.1, -0.05) is 26.0 Å². The van der Waals surface area contributed by atoms with Crippen LogP contribution in [0.1, 0.15) is 42.6 Å². The van der Waals surface area contributed by atoms with Crippen molar-refractivity contribution in [2.75, 3.05) is 0 Å². The van der Waals surface area contributed by atoms with Crippen LogP contribution in [0.2, 0.25) is 0 Å². The Labute approximate surface area is 169 Å². The standard InChI is InChI=1S/C22H24N6O/c1-14(2)11-18(21-24-16-8-4-5-9-20(16)28(21)3)25-22(29)19-12-17(26-27-19)15-7-6-10-23-13-15/h4-10,12-14,18H,11H2,1-3H3,(H,25,29)(H,26,27)/t18-/m0/s1. The van der Waals surface area contributed by atoms with Gasteiger partial charge in [0.15, 0.2) is 0 Å². The first-order valence-electron chi connectivity index (χ1n) is 9.71. The lowest BCUT2D eigenvalue weighted by molar-refractivity contribution is 0.0924. The zero-order chi connectivity index (χ0) is 20.4. The van der Waals surface area contributed by atoms with Gasteiger partial charge < -0.3 is 9.88 Å². The molecule has 0 spiro atoms. The number of hydrogen-bond donors (Lipinski definition) is 2. The third kappa shape index (κ3) is 3.89. The van der Waals surface area contributed by atoms with E-state index in [1.54, 1.807) is 18.5 Å². The Morgan fingerprint density at radius 3 is 2.76 bits per heavy atom. The number of aryl methyl sites for hydroxylation is 1. The number of imidazole rings is 1. The fourth-order valence-electron chi connectivity index (χ4n) is 3.51. The molecular weight excluding hydrogens is 364 g/mol. The maximum absolute atomic E-state index is 12.9. The van der Waals surface area contributed by atoms with E-state index in [9.17, 15) is 4.79 Å². The van der Waals surface area contributed by atoms with Crippen molar-refractivity contribution in [2.45, 2.75) is 26.3 Å². The molecule has 0 aliphatic heterocycles. The number of nitrogens with one attached hydrogen (secondary N) is 2. The number of hydrogen-bond acceptors (Lipinski definition) is 4. The van der Waals surface area contributed by atoms with Gasteiger partial charge in [-0.2, -0.15) is 5.10 Å². The van der Waals surface area contributed by atoms with E-state index in [2.05, 4.69) is 38.9 Å². The van der Waals surface area contributed by atoms with Gasteiger partial charge >= 0.3 is 0 Å². The number of benzene rings is 1. The Morgan fingerprint density at radius 1 is 1.21 bits per heavy atom. The highest BCUT2D eigenvalue weighted by atomic mass is 16.2. The Kier molecular flexibility index (Phi) is 5.12. The summed E-state index contributed by atoms with van der Waals surface area (Å²) < 4.78 is 2.05. The topological polar surface area (TPSA) is 88.5 Å². The molecule has 2 N–H and O–H groups in total. The highest BCUT2D eigenvalue weighted by molar-refractivity contribution is 5.93. The van der Waals surface area contributed by atoms with Crippen molar-refractivity contribution in [1.29, 1.82) is 0 Å². The molecule has 0 aliphatic carbocycles. The van der Waals surface area contributed by atoms with E-state index in [1.165, 1.54) is 0 Å². The van der Waals surface area contributed by atoms with Gasteiger partial charge in [-0.15, -0.1) is 0 Å². The van der Waals surface area contributed by atoms with Crippen molar-refractivity contribution in [3.8, 4) is 11.3 Å². The summed E-state index contributed by atoms with van der Waals surface area (Å²) in [5, 5.41) is 10.2. The zero-order valence-electron chi connectivity index (χ0n) is 16.8. The number of H-pyrrole nitrogens is 1. The number of carbonyl (C=O) groups excluding carboxylic acids is 1. The largest absolute Gasteiger partial charge is 0.341 e. The second-order valence-electron chi connectivity index (χ2n) is 7.58. The molecule has 0 saturated heterocycles. The number of aromatic nitrogens is 5. The van der Waals surface area contributed by atoms with E-state index in [0.29, 0.717) is 17.3 Å². The van der Waals surface area contributed by atoms with Crippen molar-refractivity contribution in [1.82, 2.24) is 30.0 Å². The van der Waals surface area contributed by atoms with Crippen LogP contribution in [-0.4, -0.2) is 30.6 Å². The molecule has 3 heterocycles. The van der Waals surface area contributed by atoms with E-state index in [1.807, 2.05) is 43.4 Å². The summed E-state index contributed by atoms with van der Waals surface area (Å²) in [6.07, 6.45) is 4.21. The number of rotatable bonds is 6. The fourth-order valence-corrected chi connectivity index (χ4v) is 3.51. The minimum atomic E-state index is -0.204. The number of nitrogens with zero attached hydrogens (tertiary/aromatic N) is 4. The van der Waals surface area contributed by atoms with Crippen LogP contribution in [0.15, 0.2) is 54.9 Å². The van der Waals surface area contributed by atoms with E-state index in [4.69, 9.17) is 4.98 Å². The Balaban J connectivity index is 1.61. The van der Waals surface area contributed by atoms with Gasteiger partial charge in [0.25, 0.3) is 5.91 Å². The molecule has 7 heteroatoms. The summed E-state index contributed by atoms with van der Waals surface area (Å²) in [4.78, 5) is 21.8. The summed E-state index contributed by atoms with van der Waals surface area (Å²) in [5.41, 5.74) is 3.93. The monoisotopic (exact) mass is 388 g/mol. The lowest BCUT2D eigenvalue weighted by Crippen LogP contribution is -2.31. The van der Waals surface area contributed by atoms with Gasteiger partial charge in [-0.25, -0.2) is 4.98 Å². The van der Waals surface area contributed by atoms with Crippen molar-refractivity contribution in [3.05, 3.63) is 66.4 Å². The van der Waals surface area contributed by atoms with Crippen LogP contribution in [0.5, 0.6) is 0 Å². The SMILES string of the molecule is CC(C)C[C@H](NC(=O)c1cc(-c2cccnc2)n[nH]1)c1nc2ccccc2n1C. The summed E-state index contributed by atoms with van der Waals surface area (Å²) in [5.74, 6) is 1.04. The van der Waals surface area contributed by atoms with E-state index in [-0.39, 0.29) is 11.9 Å². The lowest BCUT2D eigenvalue weighted by Gasteiger charge is -2.20. The molecule has 148 valence electrons. The summed E-state index contributed by atoms with van der Waals surface area (Å²) in [7, 11) is 1.99. The van der Waals surface area contributed by atoms with Crippen LogP contribution < -0.4 is 5.32 Å². The summed E-state index contributed by atoms with van der Waals surface area (Å²) >= 11 is 0. The molecule has 0 fully saturated rings. The van der Waals surface area contributed by atoms with E-state index < -0.39 is 0 Å². The fraction of sp³-hybridized carbons (Fsp3) is 0.273. The Hall–Kier alpha value is -3.48. The molecule has 0 unspecified atom stereocenters. The third-order valence-electron chi connectivity index (χ3n) is 4.93. The highest BCUT2D eigenvalue weighted by Crippen LogP contribution is 2.25. The molecule has 1 amide bonds. The van der Waals surface area contributed by atoms with Crippen LogP contribution in [0.4, 0.5) is 0 Å². The molecule has 4 aromatic rings. The number of fused-ring (bicyclic) bond motifs is 1. The Bertz CT molecular complexity index is 1130. The molecule has 1 atom stereocenters. The van der Waals surface area contributed by atoms with Crippen LogP contribution >= 0.6 is 0 Å². The van der Waals surface area contributed by atoms with Gasteiger partial charge in [-0.05, 0) is 42.7 Å². The number of aromatic amines is 1. The van der Waals surface area contributed by atoms with Gasteiger partial charge in [0.1, 0.15) is 11.5 Å². The van der Waals surface area contributed by atoms with Crippen LogP contribution in [0, 0.1) is 5.92 Å². The molecule has 7 nitrogen and oxygen atoms in total. The van der Waals surface area contributed by atoms with Gasteiger partial charge in [-0.3, -0.25) is 14.9 Å². The lowest BCUT2D eigenvalue weighted by atomic mass is 10.0. The van der Waals surface area contributed by atoms with Gasteiger partial charge in [0.05, 0.1) is 22.8 Å². The smallest absolute Gasteiger partial charge is 0.269 e. The molecule has 3 aromatic heterocycles. The predicted octanol–water partition coefficient (Wildman–Crippen LogP) is 3.88. The van der Waals surface area contributed by atoms with Crippen LogP contribution in [-0.2, 0) is 7.05 Å². The maximum Gasteiger partial charge on any atom is 0.269 e. The second kappa shape index (κ2) is 7.87. The van der Waals surface area contributed by atoms with Crippen molar-refractivity contribution in [2.24, 2.45) is 13.0 Å². The van der Waals surface area contributed by atoms with Crippen LogP contribution in [0.25, 0.3) is 22.3 Å². The summed E-state index contributed by atoms with van der Waals surface area (Å²) in [6, 6.07) is 13.3. The first-order valence-corrected chi connectivity index (χ1v) is 9.71. The minimum Gasteiger partial charge on any atom is -0.341 e. The average Bonchev–Trinajstić information content (AvgIpc) is 3.34.